The fraction of sp³-hybridized carbons (Fsp3) is 0.400. The maximum absolute atomic E-state index is 12.0. The number of benzene rings is 1. The lowest BCUT2D eigenvalue weighted by Gasteiger charge is -2.25. The lowest BCUT2D eigenvalue weighted by molar-refractivity contribution is -0.138. The number of hydrogen-bond donors (Lipinski definition) is 1. The largest absolute Gasteiger partial charge is 0.481 e. The fourth-order valence-electron chi connectivity index (χ4n) is 2.90. The number of carboxylic acid groups (broad SMARTS) is 1. The Morgan fingerprint density at radius 1 is 1.27 bits per heavy atom. The highest BCUT2D eigenvalue weighted by atomic mass is 35.5. The monoisotopic (exact) mass is 436 g/mol. The molecule has 2 saturated heterocycles. The lowest BCUT2D eigenvalue weighted by Crippen LogP contribution is -2.37. The summed E-state index contributed by atoms with van der Waals surface area (Å²) in [5, 5.41) is 9.50. The summed E-state index contributed by atoms with van der Waals surface area (Å²) in [6.45, 7) is 0. The molecular weight excluding hydrogens is 423 g/mol. The standard InChI is InChI=1S/C15H14Cl2N2O5S2/c16-8-1-2-10(9(17)5-8)19-11-6-26(23,24)7-12(11)25-15(19)18-13(20)3-4-14(21)22/h1-2,5,11-12H,3-4,6-7H2,(H,21,22). The van der Waals surface area contributed by atoms with Crippen LogP contribution in [0.3, 0.4) is 0 Å². The van der Waals surface area contributed by atoms with Gasteiger partial charge >= 0.3 is 5.97 Å². The van der Waals surface area contributed by atoms with Gasteiger partial charge in [0.15, 0.2) is 15.0 Å². The Kier molecular flexibility index (Phi) is 5.53. The molecule has 1 N–H and O–H groups in total. The zero-order chi connectivity index (χ0) is 19.1. The van der Waals surface area contributed by atoms with Crippen molar-refractivity contribution >= 4 is 67.5 Å². The van der Waals surface area contributed by atoms with E-state index in [-0.39, 0.29) is 29.6 Å². The van der Waals surface area contributed by atoms with Crippen LogP contribution in [0.15, 0.2) is 23.2 Å². The van der Waals surface area contributed by atoms with E-state index in [1.54, 1.807) is 17.0 Å². The van der Waals surface area contributed by atoms with Crippen LogP contribution in [-0.2, 0) is 19.4 Å². The second kappa shape index (κ2) is 7.38. The zero-order valence-electron chi connectivity index (χ0n) is 13.3. The summed E-state index contributed by atoms with van der Waals surface area (Å²) in [4.78, 5) is 28.3. The Morgan fingerprint density at radius 3 is 2.65 bits per heavy atom. The molecule has 1 aromatic rings. The van der Waals surface area contributed by atoms with Gasteiger partial charge in [-0.25, -0.2) is 8.42 Å². The number of hydrogen-bond acceptors (Lipinski definition) is 5. The molecule has 1 amide bonds. The summed E-state index contributed by atoms with van der Waals surface area (Å²) in [7, 11) is -3.19. The van der Waals surface area contributed by atoms with Crippen molar-refractivity contribution in [2.75, 3.05) is 16.4 Å². The van der Waals surface area contributed by atoms with E-state index in [1.807, 2.05) is 0 Å². The molecule has 3 rings (SSSR count). The minimum atomic E-state index is -3.19. The van der Waals surface area contributed by atoms with Crippen molar-refractivity contribution in [1.29, 1.82) is 0 Å². The third-order valence-electron chi connectivity index (χ3n) is 4.01. The first-order valence-corrected chi connectivity index (χ1v) is 11.1. The molecule has 2 unspecified atom stereocenters. The lowest BCUT2D eigenvalue weighted by atomic mass is 10.2. The number of halogens is 2. The van der Waals surface area contributed by atoms with Gasteiger partial charge in [-0.1, -0.05) is 35.0 Å². The van der Waals surface area contributed by atoms with Gasteiger partial charge < -0.3 is 10.0 Å². The number of anilines is 1. The normalized spacial score (nSPS) is 25.5. The number of thioether (sulfide) groups is 1. The quantitative estimate of drug-likeness (QED) is 0.772. The molecule has 0 aliphatic carbocycles. The first kappa shape index (κ1) is 19.5. The topological polar surface area (TPSA) is 104 Å². The number of carboxylic acids is 1. The summed E-state index contributed by atoms with van der Waals surface area (Å²) in [6.07, 6.45) is -0.543. The molecular formula is C15H14Cl2N2O5S2. The predicted molar refractivity (Wildman–Crippen MR) is 102 cm³/mol. The second-order valence-corrected chi connectivity index (χ2v) is 10.2. The highest BCUT2D eigenvalue weighted by Gasteiger charge is 2.49. The molecule has 0 saturated carbocycles. The predicted octanol–water partition coefficient (Wildman–Crippen LogP) is 2.46. The smallest absolute Gasteiger partial charge is 0.303 e. The molecule has 11 heteroatoms. The summed E-state index contributed by atoms with van der Waals surface area (Å²) in [5.74, 6) is -1.73. The summed E-state index contributed by atoms with van der Waals surface area (Å²) < 4.78 is 24.0. The highest BCUT2D eigenvalue weighted by molar-refractivity contribution is 8.16. The number of sulfone groups is 1. The van der Waals surface area contributed by atoms with Crippen LogP contribution in [0.4, 0.5) is 5.69 Å². The number of carbonyl (C=O) groups excluding carboxylic acids is 1. The van der Waals surface area contributed by atoms with Crippen molar-refractivity contribution in [3.63, 3.8) is 0 Å². The molecule has 2 aliphatic heterocycles. The average Bonchev–Trinajstić information content (AvgIpc) is 2.97. The van der Waals surface area contributed by atoms with Gasteiger partial charge in [0, 0.05) is 16.7 Å². The molecule has 0 bridgehead atoms. The van der Waals surface area contributed by atoms with Crippen molar-refractivity contribution in [2.24, 2.45) is 4.99 Å². The Hall–Kier alpha value is -1.29. The average molecular weight is 437 g/mol. The number of amides is 1. The minimum Gasteiger partial charge on any atom is -0.481 e. The summed E-state index contributed by atoms with van der Waals surface area (Å²) in [6, 6.07) is 4.41. The molecule has 7 nitrogen and oxygen atoms in total. The number of fused-ring (bicyclic) bond motifs is 1. The molecule has 2 heterocycles. The molecule has 0 radical (unpaired) electrons. The molecule has 26 heavy (non-hydrogen) atoms. The number of carbonyl (C=O) groups is 2. The molecule has 0 spiro atoms. The first-order chi connectivity index (χ1) is 12.2. The third-order valence-corrected chi connectivity index (χ3v) is 7.76. The molecule has 2 aliphatic rings. The van der Waals surface area contributed by atoms with Gasteiger partial charge in [-0.2, -0.15) is 4.99 Å². The van der Waals surface area contributed by atoms with Crippen molar-refractivity contribution in [3.8, 4) is 0 Å². The molecule has 2 fully saturated rings. The fourth-order valence-corrected chi connectivity index (χ4v) is 7.32. The van der Waals surface area contributed by atoms with Gasteiger partial charge in [0.05, 0.1) is 34.7 Å². The van der Waals surface area contributed by atoms with E-state index < -0.39 is 27.8 Å². The van der Waals surface area contributed by atoms with Crippen molar-refractivity contribution in [3.05, 3.63) is 28.2 Å². The van der Waals surface area contributed by atoms with E-state index in [2.05, 4.69) is 4.99 Å². The number of nitrogens with zero attached hydrogens (tertiary/aromatic N) is 2. The van der Waals surface area contributed by atoms with E-state index in [0.29, 0.717) is 20.9 Å². The number of amidine groups is 1. The van der Waals surface area contributed by atoms with E-state index in [9.17, 15) is 18.0 Å². The van der Waals surface area contributed by atoms with Crippen LogP contribution >= 0.6 is 35.0 Å². The number of rotatable bonds is 4. The van der Waals surface area contributed by atoms with Crippen LogP contribution in [0, 0.1) is 0 Å². The molecule has 1 aromatic carbocycles. The maximum Gasteiger partial charge on any atom is 0.303 e. The van der Waals surface area contributed by atoms with Gasteiger partial charge in [-0.05, 0) is 18.2 Å². The van der Waals surface area contributed by atoms with E-state index in [1.165, 1.54) is 17.8 Å². The summed E-state index contributed by atoms with van der Waals surface area (Å²) in [5.41, 5.74) is 0.512. The first-order valence-electron chi connectivity index (χ1n) is 7.61. The minimum absolute atomic E-state index is 0.00756. The Bertz CT molecular complexity index is 903. The van der Waals surface area contributed by atoms with Gasteiger partial charge in [0.2, 0.25) is 5.91 Å². The van der Waals surface area contributed by atoms with Crippen molar-refractivity contribution in [1.82, 2.24) is 0 Å². The van der Waals surface area contributed by atoms with Crippen molar-refractivity contribution in [2.45, 2.75) is 24.1 Å². The molecule has 2 atom stereocenters. The summed E-state index contributed by atoms with van der Waals surface area (Å²) >= 11 is 13.4. The SMILES string of the molecule is O=C(O)CCC(=O)N=C1SC2CS(=O)(=O)CC2N1c1ccc(Cl)cc1Cl. The van der Waals surface area contributed by atoms with Gasteiger partial charge in [-0.15, -0.1) is 0 Å². The van der Waals surface area contributed by atoms with Crippen molar-refractivity contribution < 1.29 is 23.1 Å². The van der Waals surface area contributed by atoms with Crippen LogP contribution < -0.4 is 4.90 Å². The third kappa shape index (κ3) is 4.16. The van der Waals surface area contributed by atoms with Gasteiger partial charge in [-0.3, -0.25) is 9.59 Å². The maximum atomic E-state index is 12.0. The molecule has 140 valence electrons. The van der Waals surface area contributed by atoms with Crippen LogP contribution in [0.2, 0.25) is 10.0 Å². The van der Waals surface area contributed by atoms with Crippen LogP contribution in [0.1, 0.15) is 12.8 Å². The Labute approximate surface area is 164 Å². The van der Waals surface area contributed by atoms with Gasteiger partial charge in [0.1, 0.15) is 0 Å². The highest BCUT2D eigenvalue weighted by Crippen LogP contribution is 2.43. The Morgan fingerprint density at radius 2 is 2.00 bits per heavy atom. The van der Waals surface area contributed by atoms with E-state index >= 15 is 0 Å². The van der Waals surface area contributed by atoms with Crippen LogP contribution in [0.5, 0.6) is 0 Å². The number of aliphatic imine (C=N–C) groups is 1. The van der Waals surface area contributed by atoms with Crippen LogP contribution in [0.25, 0.3) is 0 Å². The second-order valence-electron chi connectivity index (χ2n) is 5.95. The Balaban J connectivity index is 1.96. The zero-order valence-corrected chi connectivity index (χ0v) is 16.4. The van der Waals surface area contributed by atoms with Gasteiger partial charge in [0.25, 0.3) is 0 Å². The van der Waals surface area contributed by atoms with Crippen LogP contribution in [-0.4, -0.2) is 53.4 Å². The van der Waals surface area contributed by atoms with E-state index in [4.69, 9.17) is 28.3 Å². The number of aliphatic carboxylic acids is 1. The molecule has 0 aromatic heterocycles. The van der Waals surface area contributed by atoms with E-state index in [0.717, 1.165) is 0 Å².